The van der Waals surface area contributed by atoms with Crippen LogP contribution in [-0.2, 0) is 6.54 Å². The minimum absolute atomic E-state index is 0.0618. The topological polar surface area (TPSA) is 51.7 Å². The molecule has 3 rings (SSSR count). The van der Waals surface area contributed by atoms with Crippen LogP contribution in [0.2, 0.25) is 0 Å². The Bertz CT molecular complexity index is 736. The number of nitrogens with one attached hydrogen (secondary N) is 1. The molecular weight excluding hydrogens is 326 g/mol. The summed E-state index contributed by atoms with van der Waals surface area (Å²) in [6.07, 6.45) is 1.82. The van der Waals surface area contributed by atoms with Gasteiger partial charge in [-0.05, 0) is 49.0 Å². The zero-order chi connectivity index (χ0) is 18.5. The first kappa shape index (κ1) is 18.2. The average molecular weight is 353 g/mol. The average Bonchev–Trinajstić information content (AvgIpc) is 2.67. The standard InChI is InChI=1S/C20H27N5O/c1-23(2)18-6-4-17(5-7-18)20(26)22-15-16-8-9-21-19(14-16)25-12-10-24(3)11-13-25/h4-9,14H,10-13,15H2,1-3H3,(H,22,26). The quantitative estimate of drug-likeness (QED) is 0.889. The Morgan fingerprint density at radius 1 is 1.12 bits per heavy atom. The fourth-order valence-corrected chi connectivity index (χ4v) is 2.97. The second kappa shape index (κ2) is 8.19. The predicted octanol–water partition coefficient (Wildman–Crippen LogP) is 1.83. The Morgan fingerprint density at radius 3 is 2.46 bits per heavy atom. The number of hydrogen-bond acceptors (Lipinski definition) is 5. The van der Waals surface area contributed by atoms with Gasteiger partial charge in [-0.3, -0.25) is 4.79 Å². The Labute approximate surface area is 155 Å². The molecule has 0 saturated carbocycles. The van der Waals surface area contributed by atoms with Crippen molar-refractivity contribution in [1.82, 2.24) is 15.2 Å². The molecule has 1 fully saturated rings. The fraction of sp³-hybridized carbons (Fsp3) is 0.400. The molecule has 2 aromatic rings. The number of carbonyl (C=O) groups is 1. The third-order valence-electron chi connectivity index (χ3n) is 4.74. The lowest BCUT2D eigenvalue weighted by molar-refractivity contribution is 0.0951. The van der Waals surface area contributed by atoms with E-state index in [2.05, 4.69) is 33.2 Å². The highest BCUT2D eigenvalue weighted by atomic mass is 16.1. The minimum Gasteiger partial charge on any atom is -0.378 e. The first-order chi connectivity index (χ1) is 12.5. The summed E-state index contributed by atoms with van der Waals surface area (Å²) in [5.74, 6) is 0.924. The number of aromatic nitrogens is 1. The van der Waals surface area contributed by atoms with E-state index in [-0.39, 0.29) is 5.91 Å². The third kappa shape index (κ3) is 4.52. The van der Waals surface area contributed by atoms with Gasteiger partial charge in [-0.15, -0.1) is 0 Å². The summed E-state index contributed by atoms with van der Waals surface area (Å²) in [6, 6.07) is 11.6. The number of hydrogen-bond donors (Lipinski definition) is 1. The maximum atomic E-state index is 12.4. The number of benzene rings is 1. The summed E-state index contributed by atoms with van der Waals surface area (Å²) in [5.41, 5.74) is 2.81. The van der Waals surface area contributed by atoms with E-state index in [4.69, 9.17) is 0 Å². The van der Waals surface area contributed by atoms with Gasteiger partial charge in [0, 0.05) is 64.3 Å². The Kier molecular flexibility index (Phi) is 5.73. The normalized spacial score (nSPS) is 15.0. The molecule has 26 heavy (non-hydrogen) atoms. The van der Waals surface area contributed by atoms with Gasteiger partial charge in [0.05, 0.1) is 0 Å². The number of carbonyl (C=O) groups excluding carboxylic acids is 1. The molecule has 0 radical (unpaired) electrons. The molecule has 1 aromatic carbocycles. The number of amides is 1. The molecule has 6 heteroatoms. The van der Waals surface area contributed by atoms with E-state index in [0.29, 0.717) is 12.1 Å². The summed E-state index contributed by atoms with van der Waals surface area (Å²) < 4.78 is 0. The molecule has 0 atom stereocenters. The van der Waals surface area contributed by atoms with E-state index in [1.54, 1.807) is 0 Å². The molecule has 1 N–H and O–H groups in total. The van der Waals surface area contributed by atoms with Crippen LogP contribution in [0.1, 0.15) is 15.9 Å². The van der Waals surface area contributed by atoms with Gasteiger partial charge in [-0.25, -0.2) is 4.98 Å². The van der Waals surface area contributed by atoms with Gasteiger partial charge in [-0.2, -0.15) is 0 Å². The van der Waals surface area contributed by atoms with E-state index in [9.17, 15) is 4.79 Å². The first-order valence-corrected chi connectivity index (χ1v) is 8.97. The van der Waals surface area contributed by atoms with Gasteiger partial charge >= 0.3 is 0 Å². The molecule has 0 spiro atoms. The number of rotatable bonds is 5. The van der Waals surface area contributed by atoms with Crippen molar-refractivity contribution in [3.8, 4) is 0 Å². The smallest absolute Gasteiger partial charge is 0.251 e. The first-order valence-electron chi connectivity index (χ1n) is 8.97. The van der Waals surface area contributed by atoms with Gasteiger partial charge in [-0.1, -0.05) is 0 Å². The molecule has 1 aliphatic rings. The van der Waals surface area contributed by atoms with E-state index in [1.165, 1.54) is 0 Å². The predicted molar refractivity (Wildman–Crippen MR) is 106 cm³/mol. The monoisotopic (exact) mass is 353 g/mol. The van der Waals surface area contributed by atoms with Crippen LogP contribution in [0.5, 0.6) is 0 Å². The van der Waals surface area contributed by atoms with Crippen molar-refractivity contribution >= 4 is 17.4 Å². The summed E-state index contributed by atoms with van der Waals surface area (Å²) in [7, 11) is 6.11. The second-order valence-electron chi connectivity index (χ2n) is 6.94. The van der Waals surface area contributed by atoms with Crippen LogP contribution in [0.25, 0.3) is 0 Å². The molecule has 1 aliphatic heterocycles. The van der Waals surface area contributed by atoms with E-state index in [0.717, 1.165) is 43.2 Å². The fourth-order valence-electron chi connectivity index (χ4n) is 2.97. The number of piperazine rings is 1. The lowest BCUT2D eigenvalue weighted by Gasteiger charge is -2.33. The van der Waals surface area contributed by atoms with Crippen molar-refractivity contribution in [2.75, 3.05) is 57.1 Å². The highest BCUT2D eigenvalue weighted by Gasteiger charge is 2.15. The van der Waals surface area contributed by atoms with Crippen molar-refractivity contribution in [3.63, 3.8) is 0 Å². The van der Waals surface area contributed by atoms with Crippen LogP contribution in [0.4, 0.5) is 11.5 Å². The maximum Gasteiger partial charge on any atom is 0.251 e. The Hall–Kier alpha value is -2.60. The number of pyridine rings is 1. The van der Waals surface area contributed by atoms with Crippen LogP contribution in [-0.4, -0.2) is 63.1 Å². The number of likely N-dealkylation sites (N-methyl/N-ethyl adjacent to an activating group) is 1. The third-order valence-corrected chi connectivity index (χ3v) is 4.74. The summed E-state index contributed by atoms with van der Waals surface area (Å²) >= 11 is 0. The molecule has 2 heterocycles. The number of nitrogens with zero attached hydrogens (tertiary/aromatic N) is 4. The lowest BCUT2D eigenvalue weighted by Crippen LogP contribution is -2.44. The van der Waals surface area contributed by atoms with Gasteiger partial charge in [0.25, 0.3) is 5.91 Å². The van der Waals surface area contributed by atoms with E-state index >= 15 is 0 Å². The highest BCUT2D eigenvalue weighted by molar-refractivity contribution is 5.94. The van der Waals surface area contributed by atoms with E-state index < -0.39 is 0 Å². The van der Waals surface area contributed by atoms with Crippen LogP contribution >= 0.6 is 0 Å². The van der Waals surface area contributed by atoms with Crippen molar-refractivity contribution in [2.24, 2.45) is 0 Å². The molecular formula is C20H27N5O. The molecule has 1 saturated heterocycles. The van der Waals surface area contributed by atoms with Crippen molar-refractivity contribution in [2.45, 2.75) is 6.54 Å². The molecule has 0 bridgehead atoms. The minimum atomic E-state index is -0.0618. The molecule has 1 aromatic heterocycles. The van der Waals surface area contributed by atoms with Crippen molar-refractivity contribution < 1.29 is 4.79 Å². The molecule has 0 aliphatic carbocycles. The van der Waals surface area contributed by atoms with Gasteiger partial charge in [0.15, 0.2) is 0 Å². The SMILES string of the molecule is CN1CCN(c2cc(CNC(=O)c3ccc(N(C)C)cc3)ccn2)CC1. The largest absolute Gasteiger partial charge is 0.378 e. The van der Waals surface area contributed by atoms with Crippen molar-refractivity contribution in [3.05, 3.63) is 53.7 Å². The van der Waals surface area contributed by atoms with Crippen LogP contribution < -0.4 is 15.1 Å². The van der Waals surface area contributed by atoms with Crippen LogP contribution in [0.3, 0.4) is 0 Å². The summed E-state index contributed by atoms with van der Waals surface area (Å²) in [6.45, 7) is 4.56. The van der Waals surface area contributed by atoms with Gasteiger partial charge in [0.2, 0.25) is 0 Å². The number of anilines is 2. The van der Waals surface area contributed by atoms with Crippen LogP contribution in [0, 0.1) is 0 Å². The summed E-state index contributed by atoms with van der Waals surface area (Å²) in [4.78, 5) is 23.5. The van der Waals surface area contributed by atoms with Gasteiger partial charge < -0.3 is 20.0 Å². The molecule has 1 amide bonds. The van der Waals surface area contributed by atoms with E-state index in [1.807, 2.05) is 55.5 Å². The lowest BCUT2D eigenvalue weighted by atomic mass is 10.1. The van der Waals surface area contributed by atoms with Gasteiger partial charge in [0.1, 0.15) is 5.82 Å². The zero-order valence-electron chi connectivity index (χ0n) is 15.8. The Morgan fingerprint density at radius 2 is 1.81 bits per heavy atom. The second-order valence-corrected chi connectivity index (χ2v) is 6.94. The van der Waals surface area contributed by atoms with Crippen LogP contribution in [0.15, 0.2) is 42.6 Å². The maximum absolute atomic E-state index is 12.4. The highest BCUT2D eigenvalue weighted by Crippen LogP contribution is 2.15. The molecule has 138 valence electrons. The molecule has 0 unspecified atom stereocenters. The zero-order valence-corrected chi connectivity index (χ0v) is 15.8. The molecule has 6 nitrogen and oxygen atoms in total. The Balaban J connectivity index is 1.59. The summed E-state index contributed by atoms with van der Waals surface area (Å²) in [5, 5.41) is 2.99. The van der Waals surface area contributed by atoms with Crippen molar-refractivity contribution in [1.29, 1.82) is 0 Å².